The summed E-state index contributed by atoms with van der Waals surface area (Å²) < 4.78 is 67.2. The van der Waals surface area contributed by atoms with Crippen molar-refractivity contribution >= 4 is 28.6 Å². The maximum Gasteiger partial charge on any atom is 0.306 e. The molecular weight excluding hydrogens is 469 g/mol. The van der Waals surface area contributed by atoms with Crippen molar-refractivity contribution in [2.75, 3.05) is 5.96 Å². The molecule has 4 rings (SSSR count). The maximum atomic E-state index is 17.3. The van der Waals surface area contributed by atoms with E-state index in [-0.39, 0.29) is 43.0 Å². The largest absolute Gasteiger partial charge is 0.449 e. The summed E-state index contributed by atoms with van der Waals surface area (Å²) in [6.07, 6.45) is -0.605. The molecule has 4 aliphatic carbocycles. The molecule has 0 spiro atoms. The Kier molecular flexibility index (Phi) is 5.52. The highest BCUT2D eigenvalue weighted by atomic mass is 32.2. The summed E-state index contributed by atoms with van der Waals surface area (Å²) in [4.78, 5) is 38.0. The number of carbonyl (C=O) groups excluding carboxylic acids is 3. The molecule has 9 heteroatoms. The van der Waals surface area contributed by atoms with Gasteiger partial charge in [-0.1, -0.05) is 26.8 Å². The van der Waals surface area contributed by atoms with Gasteiger partial charge in [-0.05, 0) is 61.6 Å². The Balaban J connectivity index is 1.88. The van der Waals surface area contributed by atoms with Crippen LogP contribution in [0.1, 0.15) is 56.1 Å². The normalized spacial score (nSPS) is 48.6. The molecule has 3 fully saturated rings. The number of esters is 1. The van der Waals surface area contributed by atoms with Gasteiger partial charge >= 0.3 is 5.97 Å². The number of fused-ring (bicyclic) bond motifs is 5. The first-order chi connectivity index (χ1) is 16.5. The summed E-state index contributed by atoms with van der Waals surface area (Å²) in [6.45, 7) is 6.10. The Bertz CT molecular complexity index is 1060. The van der Waals surface area contributed by atoms with Gasteiger partial charge in [-0.25, -0.2) is 13.2 Å². The third-order valence-electron chi connectivity index (χ3n) is 9.17. The first-order valence-electron chi connectivity index (χ1n) is 12.6. The van der Waals surface area contributed by atoms with Crippen molar-refractivity contribution in [1.82, 2.24) is 0 Å². The fraction of sp³-hybridized carbons (Fsp3) is 0.720. The van der Waals surface area contributed by atoms with Crippen molar-refractivity contribution in [1.29, 1.82) is 0 Å². The van der Waals surface area contributed by atoms with Crippen LogP contribution >= 0.6 is 11.8 Å². The Morgan fingerprint density at radius 1 is 1.32 bits per heavy atom. The molecule has 1 unspecified atom stereocenters. The summed E-state index contributed by atoms with van der Waals surface area (Å²) in [5.74, 6) is -7.37. The van der Waals surface area contributed by atoms with Crippen LogP contribution in [0.2, 0.25) is 0 Å². The summed E-state index contributed by atoms with van der Waals surface area (Å²) >= 11 is -0.245. The molecule has 0 aromatic carbocycles. The lowest BCUT2D eigenvalue weighted by atomic mass is 9.44. The fourth-order valence-electron chi connectivity index (χ4n) is 7.58. The Labute approximate surface area is 204 Å². The molecule has 3 saturated carbocycles. The van der Waals surface area contributed by atoms with Crippen molar-refractivity contribution in [2.24, 2.45) is 28.6 Å². The van der Waals surface area contributed by atoms with Gasteiger partial charge in [0.1, 0.15) is 12.1 Å². The lowest BCUT2D eigenvalue weighted by Gasteiger charge is -2.63. The number of ketones is 1. The number of halogens is 3. The van der Waals surface area contributed by atoms with Crippen molar-refractivity contribution in [2.45, 2.75) is 76.9 Å². The molecule has 0 aliphatic heterocycles. The molecule has 188 valence electrons. The average Bonchev–Trinajstić information content (AvgIpc) is 2.98. The SMILES string of the molecule is [2H]C([2H])(F)SC(=O)[C@@]1(OC(=O)CC)[C@H](C)C[C@H]2C3C[C@H](F)C4=CC(=O)C=C[C@]4(C)[C@@]3(F)[C@@H](O)C[C@@]21C. The van der Waals surface area contributed by atoms with Crippen molar-refractivity contribution in [3.63, 3.8) is 0 Å². The highest BCUT2D eigenvalue weighted by Gasteiger charge is 2.78. The highest BCUT2D eigenvalue weighted by molar-refractivity contribution is 8.13. The van der Waals surface area contributed by atoms with E-state index in [1.165, 1.54) is 19.9 Å². The molecule has 5 nitrogen and oxygen atoms in total. The van der Waals surface area contributed by atoms with E-state index in [4.69, 9.17) is 7.48 Å². The number of rotatable bonds is 4. The summed E-state index contributed by atoms with van der Waals surface area (Å²) in [6, 6.07) is 0. The number of thioether (sulfide) groups is 1. The molecule has 0 saturated heterocycles. The van der Waals surface area contributed by atoms with E-state index in [9.17, 15) is 23.9 Å². The zero-order chi connectivity index (χ0) is 27.1. The maximum absolute atomic E-state index is 17.3. The van der Waals surface area contributed by atoms with Gasteiger partial charge in [0.15, 0.2) is 17.1 Å². The Morgan fingerprint density at radius 3 is 2.62 bits per heavy atom. The molecule has 4 aliphatic rings. The van der Waals surface area contributed by atoms with Crippen molar-refractivity contribution < 1.29 is 40.1 Å². The highest BCUT2D eigenvalue weighted by Crippen LogP contribution is 2.72. The van der Waals surface area contributed by atoms with Gasteiger partial charge in [-0.3, -0.25) is 14.4 Å². The number of aliphatic hydroxyl groups excluding tert-OH is 1. The van der Waals surface area contributed by atoms with Crippen LogP contribution in [0.4, 0.5) is 13.2 Å². The van der Waals surface area contributed by atoms with E-state index in [0.717, 1.165) is 12.2 Å². The van der Waals surface area contributed by atoms with Gasteiger partial charge < -0.3 is 9.84 Å². The number of hydrogen-bond donors (Lipinski definition) is 1. The number of allylic oxidation sites excluding steroid dienone is 4. The van der Waals surface area contributed by atoms with Crippen LogP contribution in [0.5, 0.6) is 0 Å². The summed E-state index contributed by atoms with van der Waals surface area (Å²) in [5.41, 5.74) is -7.54. The molecule has 0 heterocycles. The van der Waals surface area contributed by atoms with Crippen LogP contribution in [0.25, 0.3) is 0 Å². The number of aliphatic hydroxyl groups is 1. The second-order valence-corrected chi connectivity index (χ2v) is 11.3. The third-order valence-corrected chi connectivity index (χ3v) is 9.73. The fourth-order valence-corrected chi connectivity index (χ4v) is 8.28. The molecule has 0 aromatic rings. The van der Waals surface area contributed by atoms with E-state index in [2.05, 4.69) is 0 Å². The van der Waals surface area contributed by atoms with E-state index in [1.807, 2.05) is 0 Å². The number of ether oxygens (including phenoxy) is 1. The van der Waals surface area contributed by atoms with E-state index < -0.39 is 75.0 Å². The zero-order valence-electron chi connectivity index (χ0n) is 21.6. The van der Waals surface area contributed by atoms with E-state index in [1.54, 1.807) is 13.8 Å². The van der Waals surface area contributed by atoms with Gasteiger partial charge in [0.2, 0.25) is 5.12 Å². The third kappa shape index (κ3) is 3.01. The predicted octanol–water partition coefficient (Wildman–Crippen LogP) is 4.43. The van der Waals surface area contributed by atoms with Crippen LogP contribution in [0.3, 0.4) is 0 Å². The van der Waals surface area contributed by atoms with Crippen LogP contribution in [-0.2, 0) is 19.1 Å². The van der Waals surface area contributed by atoms with Gasteiger partial charge in [0.05, 0.1) is 8.85 Å². The molecule has 0 radical (unpaired) electrons. The lowest BCUT2D eigenvalue weighted by Crippen LogP contribution is -2.70. The van der Waals surface area contributed by atoms with Gasteiger partial charge in [0.25, 0.3) is 0 Å². The molecule has 0 bridgehead atoms. The topological polar surface area (TPSA) is 80.7 Å². The molecule has 1 N–H and O–H groups in total. The van der Waals surface area contributed by atoms with Gasteiger partial charge in [0, 0.05) is 29.1 Å². The average molecular weight is 503 g/mol. The quantitative estimate of drug-likeness (QED) is 0.573. The standard InChI is InChI=1S/C25H31F3O5S/c1-5-20(31)33-25(21(32)34-12-26)13(2)8-15-16-10-18(27)17-9-14(29)6-7-22(17,3)24(16,28)19(30)11-23(15,25)4/h6-7,9,13,15-16,18-19,30H,5,8,10-12H2,1-4H3/t13-,15+,16?,18+,19+,22+,23+,24+,25+/m1/s1/i12D2. The van der Waals surface area contributed by atoms with Crippen molar-refractivity contribution in [3.05, 3.63) is 23.8 Å². The van der Waals surface area contributed by atoms with E-state index >= 15 is 8.78 Å². The molecular formula is C25H31F3O5S. The van der Waals surface area contributed by atoms with Crippen LogP contribution in [-0.4, -0.2) is 51.5 Å². The molecule has 0 amide bonds. The molecule has 0 aromatic heterocycles. The smallest absolute Gasteiger partial charge is 0.306 e. The number of hydrogen-bond acceptors (Lipinski definition) is 6. The number of carbonyl (C=O) groups is 3. The lowest BCUT2D eigenvalue weighted by molar-refractivity contribution is -0.228. The van der Waals surface area contributed by atoms with E-state index in [0.29, 0.717) is 0 Å². The minimum absolute atomic E-state index is 0.0385. The summed E-state index contributed by atoms with van der Waals surface area (Å²) in [5, 5.41) is 10.3. The minimum atomic E-state index is -3.46. The molecule has 9 atom stereocenters. The second kappa shape index (κ2) is 8.22. The van der Waals surface area contributed by atoms with Crippen LogP contribution in [0.15, 0.2) is 23.8 Å². The first-order valence-corrected chi connectivity index (χ1v) is 12.4. The first kappa shape index (κ1) is 22.8. The predicted molar refractivity (Wildman–Crippen MR) is 121 cm³/mol. The Morgan fingerprint density at radius 2 is 2.00 bits per heavy atom. The molecule has 34 heavy (non-hydrogen) atoms. The number of alkyl halides is 3. The summed E-state index contributed by atoms with van der Waals surface area (Å²) in [7, 11) is 0. The minimum Gasteiger partial charge on any atom is -0.449 e. The van der Waals surface area contributed by atoms with Crippen LogP contribution in [0, 0.1) is 28.6 Å². The van der Waals surface area contributed by atoms with Crippen LogP contribution < -0.4 is 0 Å². The van der Waals surface area contributed by atoms with Gasteiger partial charge in [-0.15, -0.1) is 0 Å². The van der Waals surface area contributed by atoms with Crippen molar-refractivity contribution in [3.8, 4) is 0 Å². The monoisotopic (exact) mass is 502 g/mol. The zero-order valence-corrected chi connectivity index (χ0v) is 20.4. The Hall–Kier alpha value is -1.61. The second-order valence-electron chi connectivity index (χ2n) is 10.5. The van der Waals surface area contributed by atoms with Gasteiger partial charge in [-0.2, -0.15) is 0 Å².